The van der Waals surface area contributed by atoms with Crippen LogP contribution in [-0.2, 0) is 11.3 Å². The van der Waals surface area contributed by atoms with E-state index in [0.717, 1.165) is 31.4 Å². The van der Waals surface area contributed by atoms with Crippen LogP contribution in [0.4, 0.5) is 4.39 Å². The first-order valence-corrected chi connectivity index (χ1v) is 7.11. The molecule has 0 saturated carbocycles. The summed E-state index contributed by atoms with van der Waals surface area (Å²) >= 11 is 0. The average molecular weight is 279 g/mol. The molecule has 110 valence electrons. The summed E-state index contributed by atoms with van der Waals surface area (Å²) in [5.74, 6) is 0.0731. The Labute approximate surface area is 119 Å². The maximum atomic E-state index is 14.0. The Morgan fingerprint density at radius 2 is 2.30 bits per heavy atom. The molecule has 0 amide bonds. The van der Waals surface area contributed by atoms with Crippen LogP contribution < -0.4 is 10.1 Å². The maximum Gasteiger partial charge on any atom is 0.165 e. The van der Waals surface area contributed by atoms with Crippen LogP contribution >= 0.6 is 0 Å². The Bertz CT molecular complexity index is 448. The van der Waals surface area contributed by atoms with E-state index in [1.165, 1.54) is 6.07 Å². The van der Waals surface area contributed by atoms with Crippen molar-refractivity contribution in [2.24, 2.45) is 0 Å². The zero-order valence-corrected chi connectivity index (χ0v) is 11.9. The van der Waals surface area contributed by atoms with Crippen molar-refractivity contribution in [1.82, 2.24) is 5.32 Å². The number of methoxy groups -OCH3 is 1. The molecule has 3 nitrogen and oxygen atoms in total. The zero-order chi connectivity index (χ0) is 14.2. The van der Waals surface area contributed by atoms with E-state index < -0.39 is 0 Å². The summed E-state index contributed by atoms with van der Waals surface area (Å²) < 4.78 is 24.8. The van der Waals surface area contributed by atoms with E-state index in [9.17, 15) is 4.39 Å². The summed E-state index contributed by atoms with van der Waals surface area (Å²) in [5.41, 5.74) is 0.847. The third kappa shape index (κ3) is 4.32. The molecule has 0 aromatic heterocycles. The number of para-hydroxylation sites is 1. The predicted octanol–water partition coefficient (Wildman–Crippen LogP) is 3.05. The minimum atomic E-state index is -0.296. The zero-order valence-electron chi connectivity index (χ0n) is 11.9. The summed E-state index contributed by atoms with van der Waals surface area (Å²) in [6.45, 7) is 1.94. The highest BCUT2D eigenvalue weighted by Gasteiger charge is 2.15. The van der Waals surface area contributed by atoms with E-state index >= 15 is 0 Å². The summed E-state index contributed by atoms with van der Waals surface area (Å²) in [5, 5.41) is 3.22. The van der Waals surface area contributed by atoms with E-state index in [1.54, 1.807) is 13.2 Å². The van der Waals surface area contributed by atoms with Gasteiger partial charge in [0.25, 0.3) is 0 Å². The number of ether oxygens (including phenoxy) is 2. The lowest BCUT2D eigenvalue weighted by Gasteiger charge is -2.21. The topological polar surface area (TPSA) is 30.5 Å². The first-order chi connectivity index (χ1) is 9.81. The van der Waals surface area contributed by atoms with E-state index in [-0.39, 0.29) is 11.9 Å². The van der Waals surface area contributed by atoms with Crippen LogP contribution in [0.25, 0.3) is 0 Å². The first-order valence-electron chi connectivity index (χ1n) is 7.11. The second kappa shape index (κ2) is 8.02. The normalized spacial score (nSPS) is 18.2. The molecular formula is C16H22FNO2. The molecule has 1 aliphatic carbocycles. The number of benzene rings is 1. The van der Waals surface area contributed by atoms with Crippen molar-refractivity contribution >= 4 is 0 Å². The Balaban J connectivity index is 2.01. The number of halogens is 1. The third-order valence-electron chi connectivity index (χ3n) is 3.33. The Morgan fingerprint density at radius 3 is 3.05 bits per heavy atom. The van der Waals surface area contributed by atoms with E-state index in [1.807, 2.05) is 12.1 Å². The summed E-state index contributed by atoms with van der Waals surface area (Å²) in [7, 11) is 1.66. The molecule has 0 radical (unpaired) electrons. The SMILES string of the molecule is COCCNCc1cccc(F)c1OC1C=CCCC1. The van der Waals surface area contributed by atoms with Gasteiger partial charge >= 0.3 is 0 Å². The van der Waals surface area contributed by atoms with Gasteiger partial charge in [-0.25, -0.2) is 4.39 Å². The lowest BCUT2D eigenvalue weighted by atomic mass is 10.1. The largest absolute Gasteiger partial charge is 0.483 e. The lowest BCUT2D eigenvalue weighted by molar-refractivity contribution is 0.198. The lowest BCUT2D eigenvalue weighted by Crippen LogP contribution is -2.21. The van der Waals surface area contributed by atoms with Crippen molar-refractivity contribution in [3.05, 3.63) is 41.7 Å². The number of nitrogens with one attached hydrogen (secondary N) is 1. The predicted molar refractivity (Wildman–Crippen MR) is 77.4 cm³/mol. The van der Waals surface area contributed by atoms with Gasteiger partial charge in [-0.3, -0.25) is 0 Å². The standard InChI is InChI=1S/C16H22FNO2/c1-19-11-10-18-12-13-6-5-9-15(17)16(13)20-14-7-3-2-4-8-14/h3,5-7,9,14,18H,2,4,8,10-12H2,1H3. The smallest absolute Gasteiger partial charge is 0.165 e. The molecule has 1 N–H and O–H groups in total. The molecule has 0 bridgehead atoms. The van der Waals surface area contributed by atoms with Gasteiger partial charge < -0.3 is 14.8 Å². The molecular weight excluding hydrogens is 257 g/mol. The molecule has 2 rings (SSSR count). The van der Waals surface area contributed by atoms with Gasteiger partial charge in [-0.05, 0) is 31.4 Å². The fourth-order valence-electron chi connectivity index (χ4n) is 2.25. The van der Waals surface area contributed by atoms with Crippen LogP contribution in [-0.4, -0.2) is 26.4 Å². The number of allylic oxidation sites excluding steroid dienone is 1. The van der Waals surface area contributed by atoms with Gasteiger partial charge in [0.15, 0.2) is 11.6 Å². The van der Waals surface area contributed by atoms with Gasteiger partial charge in [-0.15, -0.1) is 0 Å². The van der Waals surface area contributed by atoms with Crippen molar-refractivity contribution in [3.63, 3.8) is 0 Å². The molecule has 0 saturated heterocycles. The molecule has 1 aromatic carbocycles. The summed E-state index contributed by atoms with van der Waals surface area (Å²) in [6.07, 6.45) is 7.24. The molecule has 1 aliphatic rings. The summed E-state index contributed by atoms with van der Waals surface area (Å²) in [6, 6.07) is 5.05. The third-order valence-corrected chi connectivity index (χ3v) is 3.33. The molecule has 0 fully saturated rings. The van der Waals surface area contributed by atoms with Gasteiger partial charge in [0.1, 0.15) is 6.10 Å². The van der Waals surface area contributed by atoms with Gasteiger partial charge in [-0.1, -0.05) is 18.2 Å². The minimum Gasteiger partial charge on any atom is -0.483 e. The van der Waals surface area contributed by atoms with E-state index in [0.29, 0.717) is 18.9 Å². The molecule has 0 spiro atoms. The summed E-state index contributed by atoms with van der Waals surface area (Å²) in [4.78, 5) is 0. The van der Waals surface area contributed by atoms with Crippen molar-refractivity contribution < 1.29 is 13.9 Å². The van der Waals surface area contributed by atoms with Crippen molar-refractivity contribution in [2.75, 3.05) is 20.3 Å². The van der Waals surface area contributed by atoms with Gasteiger partial charge in [0.05, 0.1) is 6.61 Å². The average Bonchev–Trinajstić information content (AvgIpc) is 2.48. The minimum absolute atomic E-state index is 0.0154. The number of rotatable bonds is 7. The highest BCUT2D eigenvalue weighted by molar-refractivity contribution is 5.35. The number of hydrogen-bond donors (Lipinski definition) is 1. The second-order valence-corrected chi connectivity index (χ2v) is 4.91. The van der Waals surface area contributed by atoms with Crippen LogP contribution in [0.15, 0.2) is 30.4 Å². The Morgan fingerprint density at radius 1 is 1.40 bits per heavy atom. The van der Waals surface area contributed by atoms with Crippen LogP contribution in [0.1, 0.15) is 24.8 Å². The van der Waals surface area contributed by atoms with Crippen molar-refractivity contribution in [2.45, 2.75) is 31.9 Å². The molecule has 1 aromatic rings. The Kier molecular flexibility index (Phi) is 6.02. The Hall–Kier alpha value is -1.39. The fourth-order valence-corrected chi connectivity index (χ4v) is 2.25. The number of hydrogen-bond acceptors (Lipinski definition) is 3. The van der Waals surface area contributed by atoms with Crippen LogP contribution in [0.5, 0.6) is 5.75 Å². The fraction of sp³-hybridized carbons (Fsp3) is 0.500. The molecule has 20 heavy (non-hydrogen) atoms. The van der Waals surface area contributed by atoms with Crippen LogP contribution in [0, 0.1) is 5.82 Å². The molecule has 1 atom stereocenters. The van der Waals surface area contributed by atoms with Gasteiger partial charge in [0.2, 0.25) is 0 Å². The van der Waals surface area contributed by atoms with Crippen LogP contribution in [0.3, 0.4) is 0 Å². The molecule has 0 heterocycles. The highest BCUT2D eigenvalue weighted by Crippen LogP contribution is 2.26. The maximum absolute atomic E-state index is 14.0. The second-order valence-electron chi connectivity index (χ2n) is 4.91. The van der Waals surface area contributed by atoms with Crippen molar-refractivity contribution in [3.8, 4) is 5.75 Å². The highest BCUT2D eigenvalue weighted by atomic mass is 19.1. The van der Waals surface area contributed by atoms with Gasteiger partial charge in [-0.2, -0.15) is 0 Å². The van der Waals surface area contributed by atoms with Crippen LogP contribution in [0.2, 0.25) is 0 Å². The first kappa shape index (κ1) is 15.0. The van der Waals surface area contributed by atoms with E-state index in [2.05, 4.69) is 11.4 Å². The monoisotopic (exact) mass is 279 g/mol. The molecule has 1 unspecified atom stereocenters. The van der Waals surface area contributed by atoms with E-state index in [4.69, 9.17) is 9.47 Å². The quantitative estimate of drug-likeness (QED) is 0.614. The molecule has 0 aliphatic heterocycles. The molecule has 4 heteroatoms. The van der Waals surface area contributed by atoms with Gasteiger partial charge in [0, 0.05) is 25.8 Å². The van der Waals surface area contributed by atoms with Crippen molar-refractivity contribution in [1.29, 1.82) is 0 Å².